The van der Waals surface area contributed by atoms with Crippen LogP contribution in [0.1, 0.15) is 175 Å². The summed E-state index contributed by atoms with van der Waals surface area (Å²) in [4.78, 5) is 35.0. The highest BCUT2D eigenvalue weighted by molar-refractivity contribution is 7.47. The third-order valence-corrected chi connectivity index (χ3v) is 10.6. The van der Waals surface area contributed by atoms with Gasteiger partial charge in [0, 0.05) is 12.8 Å². The summed E-state index contributed by atoms with van der Waals surface area (Å²) in [7, 11) is -4.63. The Morgan fingerprint density at radius 1 is 0.696 bits per heavy atom. The van der Waals surface area contributed by atoms with Crippen LogP contribution >= 0.6 is 7.82 Å². The van der Waals surface area contributed by atoms with Crippen molar-refractivity contribution >= 4 is 19.8 Å². The lowest BCUT2D eigenvalue weighted by molar-refractivity contribution is -0.161. The van der Waals surface area contributed by atoms with E-state index in [1.54, 1.807) is 0 Å². The number of unbranched alkanes of at least 4 members (excludes halogenated alkanes) is 14. The third kappa shape index (κ3) is 33.2. The summed E-state index contributed by atoms with van der Waals surface area (Å²) in [5.41, 5.74) is 0. The molecule has 0 bridgehead atoms. The molecule has 1 heterocycles. The van der Waals surface area contributed by atoms with Gasteiger partial charge in [-0.3, -0.25) is 18.6 Å². The Labute approximate surface area is 339 Å². The first-order chi connectivity index (χ1) is 27.1. The van der Waals surface area contributed by atoms with Crippen LogP contribution in [0.2, 0.25) is 0 Å². The SMILES string of the molecule is CCCCCC1OC1C/C=C\C/C=C\C/C=C\CCCC(=O)OC[C@H](COP(=O)(O)OC[C@@H](O)CO)OC(=O)CCCCCCCCCCCCCCC(C)C. The number of phosphoric ester groups is 1. The molecule has 0 radical (unpaired) electrons. The van der Waals surface area contributed by atoms with Crippen LogP contribution in [-0.2, 0) is 37.4 Å². The summed E-state index contributed by atoms with van der Waals surface area (Å²) in [6.45, 7) is 4.61. The van der Waals surface area contributed by atoms with E-state index in [4.69, 9.17) is 23.8 Å². The molecule has 56 heavy (non-hydrogen) atoms. The molecule has 1 saturated heterocycles. The lowest BCUT2D eigenvalue weighted by Crippen LogP contribution is -2.29. The number of ether oxygens (including phenoxy) is 3. The first-order valence-corrected chi connectivity index (χ1v) is 23.4. The summed E-state index contributed by atoms with van der Waals surface area (Å²) in [6.07, 6.45) is 35.8. The van der Waals surface area contributed by atoms with Crippen molar-refractivity contribution in [3.8, 4) is 0 Å². The smallest absolute Gasteiger partial charge is 0.462 e. The fraction of sp³-hybridized carbons (Fsp3) is 0.818. The van der Waals surface area contributed by atoms with Crippen LogP contribution in [0.5, 0.6) is 0 Å². The normalized spacial score (nSPS) is 17.9. The molecule has 1 aliphatic heterocycles. The van der Waals surface area contributed by atoms with E-state index in [0.29, 0.717) is 31.5 Å². The highest BCUT2D eigenvalue weighted by Crippen LogP contribution is 2.43. The minimum absolute atomic E-state index is 0.162. The van der Waals surface area contributed by atoms with Crippen molar-refractivity contribution in [3.05, 3.63) is 36.5 Å². The minimum Gasteiger partial charge on any atom is -0.462 e. The van der Waals surface area contributed by atoms with Gasteiger partial charge in [-0.1, -0.05) is 154 Å². The van der Waals surface area contributed by atoms with Gasteiger partial charge in [-0.25, -0.2) is 4.57 Å². The van der Waals surface area contributed by atoms with Crippen molar-refractivity contribution in [2.24, 2.45) is 5.92 Å². The molecule has 1 rings (SSSR count). The fourth-order valence-corrected chi connectivity index (χ4v) is 6.94. The first-order valence-electron chi connectivity index (χ1n) is 21.9. The van der Waals surface area contributed by atoms with E-state index in [9.17, 15) is 24.2 Å². The quantitative estimate of drug-likeness (QED) is 0.0178. The fourth-order valence-electron chi connectivity index (χ4n) is 6.15. The number of aliphatic hydroxyl groups excluding tert-OH is 2. The number of esters is 2. The predicted molar refractivity (Wildman–Crippen MR) is 223 cm³/mol. The van der Waals surface area contributed by atoms with Gasteiger partial charge in [-0.05, 0) is 50.9 Å². The molecule has 1 aliphatic rings. The lowest BCUT2D eigenvalue weighted by atomic mass is 10.0. The summed E-state index contributed by atoms with van der Waals surface area (Å²) in [6, 6.07) is 0. The van der Waals surface area contributed by atoms with Crippen LogP contribution in [0, 0.1) is 5.92 Å². The van der Waals surface area contributed by atoms with E-state index in [1.165, 1.54) is 83.5 Å². The third-order valence-electron chi connectivity index (χ3n) is 9.65. The summed E-state index contributed by atoms with van der Waals surface area (Å²) in [5.74, 6) is -0.191. The number of hydrogen-bond acceptors (Lipinski definition) is 10. The molecule has 0 saturated carbocycles. The second-order valence-electron chi connectivity index (χ2n) is 15.6. The van der Waals surface area contributed by atoms with Gasteiger partial charge in [0.25, 0.3) is 0 Å². The van der Waals surface area contributed by atoms with E-state index in [1.807, 2.05) is 6.08 Å². The topological polar surface area (TPSA) is 161 Å². The van der Waals surface area contributed by atoms with Gasteiger partial charge in [0.05, 0.1) is 32.0 Å². The molecule has 0 aromatic carbocycles. The summed E-state index contributed by atoms with van der Waals surface area (Å²) < 4.78 is 38.4. The molecule has 0 aliphatic carbocycles. The van der Waals surface area contributed by atoms with Crippen molar-refractivity contribution in [1.29, 1.82) is 0 Å². The number of carbonyl (C=O) groups excluding carboxylic acids is 2. The maximum atomic E-state index is 12.6. The van der Waals surface area contributed by atoms with Crippen LogP contribution in [0.3, 0.4) is 0 Å². The monoisotopic (exact) mass is 815 g/mol. The second kappa shape index (κ2) is 35.1. The summed E-state index contributed by atoms with van der Waals surface area (Å²) >= 11 is 0. The molecular weight excluding hydrogens is 735 g/mol. The Morgan fingerprint density at radius 2 is 1.27 bits per heavy atom. The van der Waals surface area contributed by atoms with Crippen molar-refractivity contribution in [2.45, 2.75) is 199 Å². The zero-order valence-electron chi connectivity index (χ0n) is 35.2. The summed E-state index contributed by atoms with van der Waals surface area (Å²) in [5, 5.41) is 18.3. The van der Waals surface area contributed by atoms with Crippen molar-refractivity contribution in [3.63, 3.8) is 0 Å². The number of epoxide rings is 1. The molecule has 0 aromatic rings. The van der Waals surface area contributed by atoms with E-state index in [2.05, 4.69) is 55.7 Å². The van der Waals surface area contributed by atoms with E-state index < -0.39 is 51.8 Å². The molecule has 3 unspecified atom stereocenters. The van der Waals surface area contributed by atoms with Gasteiger partial charge in [-0.2, -0.15) is 0 Å². The number of hydrogen-bond donors (Lipinski definition) is 3. The Kier molecular flexibility index (Phi) is 32.7. The largest absolute Gasteiger partial charge is 0.472 e. The molecule has 326 valence electrons. The van der Waals surface area contributed by atoms with Gasteiger partial charge < -0.3 is 29.3 Å². The van der Waals surface area contributed by atoms with Crippen molar-refractivity contribution < 1.29 is 52.5 Å². The van der Waals surface area contributed by atoms with Crippen LogP contribution < -0.4 is 0 Å². The molecule has 0 amide bonds. The zero-order chi connectivity index (χ0) is 41.1. The maximum absolute atomic E-state index is 12.6. The lowest BCUT2D eigenvalue weighted by Gasteiger charge is -2.20. The zero-order valence-corrected chi connectivity index (χ0v) is 36.1. The van der Waals surface area contributed by atoms with Gasteiger partial charge in [0.1, 0.15) is 12.7 Å². The Morgan fingerprint density at radius 3 is 1.89 bits per heavy atom. The van der Waals surface area contributed by atoms with E-state index in [0.717, 1.165) is 44.4 Å². The highest BCUT2D eigenvalue weighted by atomic mass is 31.2. The maximum Gasteiger partial charge on any atom is 0.472 e. The van der Waals surface area contributed by atoms with Gasteiger partial charge in [0.15, 0.2) is 6.10 Å². The molecule has 0 spiro atoms. The second-order valence-corrected chi connectivity index (χ2v) is 17.0. The predicted octanol–water partition coefficient (Wildman–Crippen LogP) is 10.4. The molecular formula is C44H79O11P. The Hall–Kier alpha value is -1.85. The van der Waals surface area contributed by atoms with Gasteiger partial charge in [0.2, 0.25) is 0 Å². The number of rotatable bonds is 39. The van der Waals surface area contributed by atoms with Crippen LogP contribution in [0.4, 0.5) is 0 Å². The number of phosphoric acid groups is 1. The van der Waals surface area contributed by atoms with E-state index >= 15 is 0 Å². The molecule has 0 aromatic heterocycles. The van der Waals surface area contributed by atoms with Crippen molar-refractivity contribution in [1.82, 2.24) is 0 Å². The average molecular weight is 815 g/mol. The molecule has 3 N–H and O–H groups in total. The van der Waals surface area contributed by atoms with Crippen molar-refractivity contribution in [2.75, 3.05) is 26.4 Å². The van der Waals surface area contributed by atoms with Gasteiger partial charge in [-0.15, -0.1) is 0 Å². The number of allylic oxidation sites excluding steroid dienone is 5. The molecule has 5 atom stereocenters. The molecule has 11 nitrogen and oxygen atoms in total. The Bertz CT molecular complexity index is 1110. The molecule has 1 fully saturated rings. The first kappa shape index (κ1) is 52.2. The van der Waals surface area contributed by atoms with E-state index in [-0.39, 0.29) is 19.4 Å². The van der Waals surface area contributed by atoms with Crippen LogP contribution in [0.15, 0.2) is 36.5 Å². The van der Waals surface area contributed by atoms with Gasteiger partial charge >= 0.3 is 19.8 Å². The van der Waals surface area contributed by atoms with Crippen LogP contribution in [0.25, 0.3) is 0 Å². The standard InChI is InChI=1S/C44H79O11P/c1-4-5-24-30-41-42(55-41)31-26-21-17-13-10-11-14-18-22-27-32-43(47)51-36-40(37-53-56(49,50)52-35-39(46)34-45)54-44(48)33-28-23-19-15-9-7-6-8-12-16-20-25-29-38(2)3/h10,13-14,18,21,26,38-42,45-46H,4-9,11-12,15-17,19-20,22-25,27-37H2,1-3H3,(H,49,50)/b13-10-,18-14-,26-21-/t39-,40+,41?,42?/m0/s1. The van der Waals surface area contributed by atoms with Crippen LogP contribution in [-0.4, -0.2) is 77.9 Å². The average Bonchev–Trinajstić information content (AvgIpc) is 3.93. The Balaban J connectivity index is 2.27. The number of carbonyl (C=O) groups is 2. The highest BCUT2D eigenvalue weighted by Gasteiger charge is 2.36. The minimum atomic E-state index is -4.63. The number of aliphatic hydroxyl groups is 2. The molecule has 12 heteroatoms.